The van der Waals surface area contributed by atoms with Gasteiger partial charge in [-0.15, -0.1) is 0 Å². The summed E-state index contributed by atoms with van der Waals surface area (Å²) in [6.07, 6.45) is 0. The average Bonchev–Trinajstić information content (AvgIpc) is 3.77. The first kappa shape index (κ1) is 30.5. The molecule has 0 saturated carbocycles. The molecule has 54 heavy (non-hydrogen) atoms. The molecule has 11 rings (SSSR count). The van der Waals surface area contributed by atoms with Crippen molar-refractivity contribution in [2.45, 2.75) is 0 Å². The first-order chi connectivity index (χ1) is 26.8. The van der Waals surface area contributed by atoms with Crippen LogP contribution in [0.2, 0.25) is 0 Å². The van der Waals surface area contributed by atoms with Gasteiger partial charge < -0.3 is 9.13 Å². The van der Waals surface area contributed by atoms with Crippen LogP contribution in [0.15, 0.2) is 206 Å². The zero-order valence-corrected chi connectivity index (χ0v) is 29.5. The fourth-order valence-corrected chi connectivity index (χ4v) is 8.67. The fourth-order valence-electron chi connectivity index (χ4n) is 8.67. The van der Waals surface area contributed by atoms with Gasteiger partial charge in [0, 0.05) is 32.9 Å². The summed E-state index contributed by atoms with van der Waals surface area (Å²) >= 11 is 0. The fraction of sp³-hybridized carbons (Fsp3) is 0. The normalized spacial score (nSPS) is 11.7. The van der Waals surface area contributed by atoms with Gasteiger partial charge in [0.15, 0.2) is 0 Å². The van der Waals surface area contributed by atoms with Crippen molar-refractivity contribution in [2.24, 2.45) is 0 Å². The molecule has 9 aromatic carbocycles. The Morgan fingerprint density at radius 3 is 1.46 bits per heavy atom. The van der Waals surface area contributed by atoms with Crippen LogP contribution in [0.3, 0.4) is 0 Å². The summed E-state index contributed by atoms with van der Waals surface area (Å²) in [4.78, 5) is 0. The molecule has 0 amide bonds. The van der Waals surface area contributed by atoms with E-state index in [1.807, 2.05) is 0 Å². The van der Waals surface area contributed by atoms with Crippen LogP contribution in [0.1, 0.15) is 0 Å². The van der Waals surface area contributed by atoms with E-state index in [4.69, 9.17) is 0 Å². The molecule has 0 bridgehead atoms. The van der Waals surface area contributed by atoms with Gasteiger partial charge in [-0.25, -0.2) is 0 Å². The molecule has 11 aromatic rings. The van der Waals surface area contributed by atoms with Crippen LogP contribution in [0.25, 0.3) is 99.1 Å². The van der Waals surface area contributed by atoms with Crippen molar-refractivity contribution in [3.8, 4) is 44.8 Å². The number of benzene rings is 9. The van der Waals surface area contributed by atoms with Gasteiger partial charge in [0.05, 0.1) is 22.1 Å². The van der Waals surface area contributed by atoms with Crippen LogP contribution < -0.4 is 0 Å². The lowest BCUT2D eigenvalue weighted by Gasteiger charge is -2.15. The first-order valence-corrected chi connectivity index (χ1v) is 18.6. The Bertz CT molecular complexity index is 3130. The minimum Gasteiger partial charge on any atom is -0.309 e. The van der Waals surface area contributed by atoms with Crippen molar-refractivity contribution < 1.29 is 0 Å². The second kappa shape index (κ2) is 12.2. The topological polar surface area (TPSA) is 9.86 Å². The van der Waals surface area contributed by atoms with Crippen molar-refractivity contribution in [3.63, 3.8) is 0 Å². The molecular formula is C52H34N2. The maximum absolute atomic E-state index is 2.51. The third-order valence-corrected chi connectivity index (χ3v) is 11.0. The van der Waals surface area contributed by atoms with Crippen LogP contribution in [-0.2, 0) is 0 Å². The highest BCUT2D eigenvalue weighted by molar-refractivity contribution is 6.26. The van der Waals surface area contributed by atoms with Crippen LogP contribution in [-0.4, -0.2) is 9.13 Å². The standard InChI is InChI=1S/C52H34N2/c1-4-16-35(17-5-1)39-30-40(36-18-6-2-7-19-36)33-41(32-39)53-49-27-15-13-25-46(49)51-50(53)29-28-45-44-24-12-14-26-48(44)54(52(45)51)42-31-38-22-10-11-23-43(38)47(34-42)37-20-8-3-9-21-37/h1-34H. The van der Waals surface area contributed by atoms with Crippen LogP contribution in [0.4, 0.5) is 0 Å². The van der Waals surface area contributed by atoms with Crippen molar-refractivity contribution in [1.29, 1.82) is 0 Å². The first-order valence-electron chi connectivity index (χ1n) is 18.6. The van der Waals surface area contributed by atoms with E-state index in [-0.39, 0.29) is 0 Å². The Morgan fingerprint density at radius 1 is 0.278 bits per heavy atom. The molecule has 0 atom stereocenters. The Labute approximate surface area is 313 Å². The third kappa shape index (κ3) is 4.74. The Kier molecular flexibility index (Phi) is 6.90. The predicted molar refractivity (Wildman–Crippen MR) is 229 cm³/mol. The lowest BCUT2D eigenvalue weighted by Crippen LogP contribution is -1.97. The van der Waals surface area contributed by atoms with Crippen LogP contribution in [0, 0.1) is 0 Å². The van der Waals surface area contributed by atoms with E-state index in [2.05, 4.69) is 215 Å². The predicted octanol–water partition coefficient (Wildman–Crippen LogP) is 14.0. The summed E-state index contributed by atoms with van der Waals surface area (Å²) in [6, 6.07) is 75.3. The van der Waals surface area contributed by atoms with E-state index >= 15 is 0 Å². The molecular weight excluding hydrogens is 653 g/mol. The lowest BCUT2D eigenvalue weighted by molar-refractivity contribution is 1.18. The zero-order valence-electron chi connectivity index (χ0n) is 29.5. The van der Waals surface area contributed by atoms with Gasteiger partial charge in [-0.2, -0.15) is 0 Å². The maximum atomic E-state index is 2.51. The summed E-state index contributed by atoms with van der Waals surface area (Å²) < 4.78 is 4.99. The van der Waals surface area contributed by atoms with E-state index in [0.717, 1.165) is 11.4 Å². The van der Waals surface area contributed by atoms with E-state index in [1.54, 1.807) is 0 Å². The second-order valence-corrected chi connectivity index (χ2v) is 14.1. The van der Waals surface area contributed by atoms with Gasteiger partial charge in [0.2, 0.25) is 0 Å². The van der Waals surface area contributed by atoms with Crippen LogP contribution in [0.5, 0.6) is 0 Å². The number of fused-ring (bicyclic) bond motifs is 8. The maximum Gasteiger partial charge on any atom is 0.0641 e. The molecule has 2 aromatic heterocycles. The monoisotopic (exact) mass is 686 g/mol. The molecule has 0 aliphatic carbocycles. The molecule has 2 heteroatoms. The second-order valence-electron chi connectivity index (χ2n) is 14.1. The molecule has 0 aliphatic rings. The minimum absolute atomic E-state index is 1.14. The number of aromatic nitrogens is 2. The van der Waals surface area contributed by atoms with Gasteiger partial charge in [-0.3, -0.25) is 0 Å². The molecule has 0 spiro atoms. The zero-order chi connectivity index (χ0) is 35.6. The summed E-state index contributed by atoms with van der Waals surface area (Å²) in [5, 5.41) is 7.46. The molecule has 0 fully saturated rings. The van der Waals surface area contributed by atoms with Crippen molar-refractivity contribution in [2.75, 3.05) is 0 Å². The lowest BCUT2D eigenvalue weighted by atomic mass is 9.97. The van der Waals surface area contributed by atoms with Crippen molar-refractivity contribution in [1.82, 2.24) is 9.13 Å². The number of hydrogen-bond donors (Lipinski definition) is 0. The van der Waals surface area contributed by atoms with Crippen molar-refractivity contribution >= 4 is 54.4 Å². The molecule has 2 nitrogen and oxygen atoms in total. The summed E-state index contributed by atoms with van der Waals surface area (Å²) in [5.74, 6) is 0. The van der Waals surface area contributed by atoms with Gasteiger partial charge in [0.1, 0.15) is 0 Å². The van der Waals surface area contributed by atoms with Gasteiger partial charge in [-0.1, -0.05) is 158 Å². The molecule has 0 unspecified atom stereocenters. The molecule has 0 saturated heterocycles. The average molecular weight is 687 g/mol. The van der Waals surface area contributed by atoms with Gasteiger partial charge in [-0.05, 0) is 92.7 Å². The SMILES string of the molecule is c1ccc(-c2cc(-c3ccccc3)cc(-n3c4ccccc4c4c3ccc3c5ccccc5n(-c5cc(-c6ccccc6)c6ccccc6c5)c34)c2)cc1. The number of para-hydroxylation sites is 2. The molecule has 0 N–H and O–H groups in total. The van der Waals surface area contributed by atoms with Crippen molar-refractivity contribution in [3.05, 3.63) is 206 Å². The van der Waals surface area contributed by atoms with E-state index in [1.165, 1.54) is 87.8 Å². The van der Waals surface area contributed by atoms with E-state index < -0.39 is 0 Å². The Balaban J connectivity index is 1.26. The molecule has 2 heterocycles. The number of hydrogen-bond acceptors (Lipinski definition) is 0. The van der Waals surface area contributed by atoms with Gasteiger partial charge >= 0.3 is 0 Å². The number of nitrogens with zero attached hydrogens (tertiary/aromatic N) is 2. The van der Waals surface area contributed by atoms with Crippen LogP contribution >= 0.6 is 0 Å². The largest absolute Gasteiger partial charge is 0.309 e. The highest BCUT2D eigenvalue weighted by Gasteiger charge is 2.22. The Hall–Kier alpha value is -7.16. The summed E-state index contributed by atoms with van der Waals surface area (Å²) in [7, 11) is 0. The smallest absolute Gasteiger partial charge is 0.0641 e. The summed E-state index contributed by atoms with van der Waals surface area (Å²) in [5.41, 5.74) is 14.3. The minimum atomic E-state index is 1.14. The highest BCUT2D eigenvalue weighted by atomic mass is 15.0. The molecule has 0 radical (unpaired) electrons. The van der Waals surface area contributed by atoms with E-state index in [0.29, 0.717) is 0 Å². The Morgan fingerprint density at radius 2 is 0.796 bits per heavy atom. The van der Waals surface area contributed by atoms with Gasteiger partial charge in [0.25, 0.3) is 0 Å². The van der Waals surface area contributed by atoms with E-state index in [9.17, 15) is 0 Å². The quantitative estimate of drug-likeness (QED) is 0.171. The molecule has 252 valence electrons. The molecule has 0 aliphatic heterocycles. The summed E-state index contributed by atoms with van der Waals surface area (Å²) in [6.45, 7) is 0. The number of rotatable bonds is 5. The third-order valence-electron chi connectivity index (χ3n) is 11.0. The highest BCUT2D eigenvalue weighted by Crippen LogP contribution is 2.44.